The van der Waals surface area contributed by atoms with E-state index in [0.29, 0.717) is 11.1 Å². The molecule has 1 unspecified atom stereocenters. The third-order valence-electron chi connectivity index (χ3n) is 2.28. The van der Waals surface area contributed by atoms with Crippen LogP contribution in [0.5, 0.6) is 0 Å². The quantitative estimate of drug-likeness (QED) is 0.709. The first-order valence-electron chi connectivity index (χ1n) is 4.93. The summed E-state index contributed by atoms with van der Waals surface area (Å²) in [5.41, 5.74) is -0.00838. The van der Waals surface area contributed by atoms with Gasteiger partial charge in [-0.15, -0.1) is 0 Å². The van der Waals surface area contributed by atoms with Gasteiger partial charge in [0.15, 0.2) is 5.78 Å². The normalized spacial score (nSPS) is 13.1. The lowest BCUT2D eigenvalue weighted by molar-refractivity contribution is 0.0505. The molecular weight excluding hydrogens is 202 g/mol. The lowest BCUT2D eigenvalue weighted by Crippen LogP contribution is -2.17. The summed E-state index contributed by atoms with van der Waals surface area (Å²) in [6.07, 6.45) is 2.78. The number of hydrogen-bond donors (Lipinski definition) is 0. The van der Waals surface area contributed by atoms with Gasteiger partial charge >= 0.3 is 6.55 Å². The van der Waals surface area contributed by atoms with Crippen LogP contribution in [0.4, 0.5) is 8.78 Å². The highest BCUT2D eigenvalue weighted by molar-refractivity contribution is 5.96. The molecule has 0 fully saturated rings. The highest BCUT2D eigenvalue weighted by Crippen LogP contribution is 2.17. The van der Waals surface area contributed by atoms with Crippen LogP contribution < -0.4 is 0 Å². The molecule has 0 aliphatic carbocycles. The van der Waals surface area contributed by atoms with E-state index in [0.717, 1.165) is 6.42 Å². The largest absolute Gasteiger partial charge is 0.333 e. The molecule has 1 heterocycles. The topological polar surface area (TPSA) is 34.9 Å². The Balaban J connectivity index is 2.86. The van der Waals surface area contributed by atoms with Gasteiger partial charge in [0, 0.05) is 12.1 Å². The van der Waals surface area contributed by atoms with Gasteiger partial charge in [0.1, 0.15) is 5.69 Å². The van der Waals surface area contributed by atoms with Crippen molar-refractivity contribution in [1.29, 1.82) is 0 Å². The van der Waals surface area contributed by atoms with E-state index in [1.165, 1.54) is 12.3 Å². The SMILES string of the molecule is CCCC(C)C(=O)c1ccnn1C(F)F. The van der Waals surface area contributed by atoms with Crippen LogP contribution >= 0.6 is 0 Å². The van der Waals surface area contributed by atoms with Crippen molar-refractivity contribution in [2.45, 2.75) is 33.2 Å². The number of ketones is 1. The maximum absolute atomic E-state index is 12.4. The van der Waals surface area contributed by atoms with Crippen molar-refractivity contribution in [3.05, 3.63) is 18.0 Å². The Morgan fingerprint density at radius 2 is 2.27 bits per heavy atom. The molecule has 5 heteroatoms. The molecule has 0 aromatic carbocycles. The van der Waals surface area contributed by atoms with Crippen molar-refractivity contribution in [3.63, 3.8) is 0 Å². The van der Waals surface area contributed by atoms with Gasteiger partial charge in [-0.25, -0.2) is 4.68 Å². The Labute approximate surface area is 87.1 Å². The van der Waals surface area contributed by atoms with Crippen molar-refractivity contribution in [2.75, 3.05) is 0 Å². The minimum absolute atomic E-state index is 0.00838. The Bertz CT molecular complexity index is 336. The fraction of sp³-hybridized carbons (Fsp3) is 0.600. The van der Waals surface area contributed by atoms with Crippen molar-refractivity contribution in [2.24, 2.45) is 5.92 Å². The lowest BCUT2D eigenvalue weighted by atomic mass is 9.99. The summed E-state index contributed by atoms with van der Waals surface area (Å²) < 4.78 is 25.3. The molecule has 1 rings (SSSR count). The average Bonchev–Trinajstić information content (AvgIpc) is 2.65. The van der Waals surface area contributed by atoms with Crippen LogP contribution in [0, 0.1) is 5.92 Å². The summed E-state index contributed by atoms with van der Waals surface area (Å²) in [7, 11) is 0. The maximum Gasteiger partial charge on any atom is 0.333 e. The minimum atomic E-state index is -2.76. The van der Waals surface area contributed by atoms with E-state index >= 15 is 0 Å². The fourth-order valence-corrected chi connectivity index (χ4v) is 1.48. The van der Waals surface area contributed by atoms with E-state index in [1.54, 1.807) is 6.92 Å². The highest BCUT2D eigenvalue weighted by atomic mass is 19.3. The average molecular weight is 216 g/mol. The van der Waals surface area contributed by atoms with Gasteiger partial charge in [0.2, 0.25) is 0 Å². The maximum atomic E-state index is 12.4. The molecule has 1 aromatic rings. The molecule has 0 bridgehead atoms. The molecule has 0 amide bonds. The monoisotopic (exact) mass is 216 g/mol. The van der Waals surface area contributed by atoms with Gasteiger partial charge in [-0.1, -0.05) is 20.3 Å². The van der Waals surface area contributed by atoms with Gasteiger partial charge in [0.05, 0.1) is 0 Å². The van der Waals surface area contributed by atoms with Gasteiger partial charge in [-0.2, -0.15) is 13.9 Å². The summed E-state index contributed by atoms with van der Waals surface area (Å²) in [5.74, 6) is -0.501. The molecular formula is C10H14F2N2O. The number of halogens is 2. The van der Waals surface area contributed by atoms with Crippen molar-refractivity contribution >= 4 is 5.78 Å². The number of alkyl halides is 2. The molecule has 84 valence electrons. The molecule has 1 aromatic heterocycles. The standard InChI is InChI=1S/C10H14F2N2O/c1-3-4-7(2)9(15)8-5-6-13-14(8)10(11)12/h5-7,10H,3-4H2,1-2H3. The predicted octanol–water partition coefficient (Wildman–Crippen LogP) is 2.90. The van der Waals surface area contributed by atoms with Crippen LogP contribution in [0.25, 0.3) is 0 Å². The zero-order chi connectivity index (χ0) is 11.4. The summed E-state index contributed by atoms with van der Waals surface area (Å²) in [5, 5.41) is 3.43. The zero-order valence-electron chi connectivity index (χ0n) is 8.78. The molecule has 1 atom stereocenters. The zero-order valence-corrected chi connectivity index (χ0v) is 8.78. The number of hydrogen-bond acceptors (Lipinski definition) is 2. The van der Waals surface area contributed by atoms with Gasteiger partial charge in [-0.3, -0.25) is 4.79 Å². The fourth-order valence-electron chi connectivity index (χ4n) is 1.48. The number of carbonyl (C=O) groups excluding carboxylic acids is 1. The van der Waals surface area contributed by atoms with E-state index in [-0.39, 0.29) is 17.4 Å². The van der Waals surface area contributed by atoms with Crippen LogP contribution in [0.2, 0.25) is 0 Å². The number of nitrogens with zero attached hydrogens (tertiary/aromatic N) is 2. The molecule has 0 radical (unpaired) electrons. The summed E-state index contributed by atoms with van der Waals surface area (Å²) in [6.45, 7) is 0.941. The Morgan fingerprint density at radius 1 is 1.60 bits per heavy atom. The summed E-state index contributed by atoms with van der Waals surface area (Å²) in [4.78, 5) is 11.7. The van der Waals surface area contributed by atoms with E-state index in [1.807, 2.05) is 6.92 Å². The number of aromatic nitrogens is 2. The second-order valence-electron chi connectivity index (χ2n) is 3.49. The van der Waals surface area contributed by atoms with Crippen LogP contribution in [-0.4, -0.2) is 15.6 Å². The smallest absolute Gasteiger partial charge is 0.292 e. The van der Waals surface area contributed by atoms with Crippen molar-refractivity contribution < 1.29 is 13.6 Å². The van der Waals surface area contributed by atoms with E-state index < -0.39 is 6.55 Å². The number of carbonyl (C=O) groups is 1. The first kappa shape index (κ1) is 11.8. The van der Waals surface area contributed by atoms with E-state index in [4.69, 9.17) is 0 Å². The predicted molar refractivity (Wildman–Crippen MR) is 51.9 cm³/mol. The minimum Gasteiger partial charge on any atom is -0.292 e. The van der Waals surface area contributed by atoms with Crippen LogP contribution in [0.1, 0.15) is 43.7 Å². The molecule has 3 nitrogen and oxygen atoms in total. The van der Waals surface area contributed by atoms with Crippen LogP contribution in [0.3, 0.4) is 0 Å². The van der Waals surface area contributed by atoms with Crippen LogP contribution in [0.15, 0.2) is 12.3 Å². The van der Waals surface area contributed by atoms with Crippen molar-refractivity contribution in [1.82, 2.24) is 9.78 Å². The molecule has 0 N–H and O–H groups in total. The van der Waals surface area contributed by atoms with Crippen LogP contribution in [-0.2, 0) is 0 Å². The Morgan fingerprint density at radius 3 is 2.80 bits per heavy atom. The summed E-state index contributed by atoms with van der Waals surface area (Å²) in [6, 6.07) is 1.33. The first-order chi connectivity index (χ1) is 7.07. The second kappa shape index (κ2) is 5.00. The third kappa shape index (κ3) is 2.61. The third-order valence-corrected chi connectivity index (χ3v) is 2.28. The summed E-state index contributed by atoms with van der Waals surface area (Å²) >= 11 is 0. The van der Waals surface area contributed by atoms with Gasteiger partial charge < -0.3 is 0 Å². The van der Waals surface area contributed by atoms with Crippen molar-refractivity contribution in [3.8, 4) is 0 Å². The van der Waals surface area contributed by atoms with Gasteiger partial charge in [-0.05, 0) is 12.5 Å². The Hall–Kier alpha value is -1.26. The van der Waals surface area contributed by atoms with Gasteiger partial charge in [0.25, 0.3) is 0 Å². The molecule has 0 saturated heterocycles. The van der Waals surface area contributed by atoms with E-state index in [9.17, 15) is 13.6 Å². The molecule has 0 aliphatic heterocycles. The highest BCUT2D eigenvalue weighted by Gasteiger charge is 2.21. The first-order valence-corrected chi connectivity index (χ1v) is 4.93. The lowest BCUT2D eigenvalue weighted by Gasteiger charge is -2.10. The second-order valence-corrected chi connectivity index (χ2v) is 3.49. The Kier molecular flexibility index (Phi) is 3.94. The molecule has 0 saturated carbocycles. The van der Waals surface area contributed by atoms with E-state index in [2.05, 4.69) is 5.10 Å². The molecule has 0 aliphatic rings. The molecule has 0 spiro atoms. The molecule has 15 heavy (non-hydrogen) atoms. The number of rotatable bonds is 5. The number of Topliss-reactive ketones (excluding diaryl/α,β-unsaturated/α-hetero) is 1.